The van der Waals surface area contributed by atoms with Crippen LogP contribution in [0.15, 0.2) is 18.2 Å². The first-order valence-corrected chi connectivity index (χ1v) is 7.46. The quantitative estimate of drug-likeness (QED) is 0.818. The zero-order valence-electron chi connectivity index (χ0n) is 11.6. The van der Waals surface area contributed by atoms with Gasteiger partial charge in [-0.3, -0.25) is 4.72 Å². The molecule has 3 N–H and O–H groups in total. The number of halogens is 1. The van der Waals surface area contributed by atoms with Crippen LogP contribution in [0.4, 0.5) is 10.1 Å². The molecule has 7 heteroatoms. The topological polar surface area (TPSA) is 75.4 Å². The molecule has 0 atom stereocenters. The highest BCUT2D eigenvalue weighted by atomic mass is 32.2. The van der Waals surface area contributed by atoms with Gasteiger partial charge in [0.1, 0.15) is 5.82 Å². The number of hydrogen-bond donors (Lipinski definition) is 2. The van der Waals surface area contributed by atoms with Crippen molar-refractivity contribution < 1.29 is 12.8 Å². The van der Waals surface area contributed by atoms with Crippen LogP contribution in [0.5, 0.6) is 0 Å². The van der Waals surface area contributed by atoms with E-state index in [2.05, 4.69) is 16.6 Å². The van der Waals surface area contributed by atoms with Crippen LogP contribution in [-0.2, 0) is 10.2 Å². The van der Waals surface area contributed by atoms with Crippen LogP contribution >= 0.6 is 0 Å². The maximum atomic E-state index is 13.5. The van der Waals surface area contributed by atoms with Gasteiger partial charge in [-0.15, -0.1) is 0 Å². The minimum absolute atomic E-state index is 0.0999. The van der Waals surface area contributed by atoms with Crippen molar-refractivity contribution in [3.05, 3.63) is 29.6 Å². The van der Waals surface area contributed by atoms with E-state index in [1.54, 1.807) is 13.8 Å². The van der Waals surface area contributed by atoms with Gasteiger partial charge in [0.15, 0.2) is 0 Å². The molecule has 0 radical (unpaired) electrons. The summed E-state index contributed by atoms with van der Waals surface area (Å²) in [5, 5.41) is 0. The Balaban J connectivity index is 3.05. The Bertz CT molecular complexity index is 633. The van der Waals surface area contributed by atoms with Gasteiger partial charge in [-0.2, -0.15) is 12.7 Å². The summed E-state index contributed by atoms with van der Waals surface area (Å²) in [6, 6.07) is 3.65. The Morgan fingerprint density at radius 1 is 1.45 bits per heavy atom. The first-order valence-electron chi connectivity index (χ1n) is 6.02. The predicted octanol–water partition coefficient (Wildman–Crippen LogP) is 1.13. The second kappa shape index (κ2) is 6.70. The number of nitrogens with zero attached hydrogens (tertiary/aromatic N) is 1. The van der Waals surface area contributed by atoms with Crippen LogP contribution in [0.3, 0.4) is 0 Å². The molecular weight excluding hydrogens is 281 g/mol. The fourth-order valence-electron chi connectivity index (χ4n) is 1.33. The number of nitrogens with two attached hydrogens (primary N) is 1. The summed E-state index contributed by atoms with van der Waals surface area (Å²) in [6.45, 7) is 3.61. The van der Waals surface area contributed by atoms with E-state index in [4.69, 9.17) is 5.73 Å². The monoisotopic (exact) mass is 299 g/mol. The molecular formula is C13H18FN3O2S. The lowest BCUT2D eigenvalue weighted by Crippen LogP contribution is -2.37. The molecule has 1 rings (SSSR count). The minimum Gasteiger partial charge on any atom is -0.320 e. The highest BCUT2D eigenvalue weighted by Gasteiger charge is 2.20. The molecule has 5 nitrogen and oxygen atoms in total. The lowest BCUT2D eigenvalue weighted by Gasteiger charge is -2.21. The standard InChI is InChI=1S/C13H18FN3O2S/c1-10(2)17(3)20(18,19)16-12-6-7-13(14)11(9-12)5-4-8-15/h6-7,9-10,16H,8,15H2,1-3H3. The summed E-state index contributed by atoms with van der Waals surface area (Å²) in [4.78, 5) is 0. The normalized spacial score (nSPS) is 11.3. The van der Waals surface area contributed by atoms with E-state index in [-0.39, 0.29) is 23.8 Å². The summed E-state index contributed by atoms with van der Waals surface area (Å²) < 4.78 is 41.1. The fraction of sp³-hybridized carbons (Fsp3) is 0.385. The highest BCUT2D eigenvalue weighted by Crippen LogP contribution is 2.16. The molecule has 0 aliphatic rings. The Kier molecular flexibility index (Phi) is 5.51. The first-order chi connectivity index (χ1) is 9.27. The van der Waals surface area contributed by atoms with Crippen molar-refractivity contribution in [3.63, 3.8) is 0 Å². The summed E-state index contributed by atoms with van der Waals surface area (Å²) >= 11 is 0. The highest BCUT2D eigenvalue weighted by molar-refractivity contribution is 7.90. The molecule has 0 aromatic heterocycles. The molecule has 0 heterocycles. The van der Waals surface area contributed by atoms with Crippen LogP contribution in [0.1, 0.15) is 19.4 Å². The van der Waals surface area contributed by atoms with Crippen LogP contribution in [-0.4, -0.2) is 32.4 Å². The molecule has 0 aliphatic heterocycles. The van der Waals surface area contributed by atoms with Gasteiger partial charge in [0.25, 0.3) is 0 Å². The summed E-state index contributed by atoms with van der Waals surface area (Å²) in [5.41, 5.74) is 5.58. The van der Waals surface area contributed by atoms with E-state index >= 15 is 0 Å². The Morgan fingerprint density at radius 2 is 2.10 bits per heavy atom. The summed E-state index contributed by atoms with van der Waals surface area (Å²) in [6.07, 6.45) is 0. The molecule has 0 spiro atoms. The molecule has 0 amide bonds. The summed E-state index contributed by atoms with van der Waals surface area (Å²) in [7, 11) is -2.21. The van der Waals surface area contributed by atoms with E-state index in [1.165, 1.54) is 23.5 Å². The van der Waals surface area contributed by atoms with Crippen LogP contribution in [0.2, 0.25) is 0 Å². The molecule has 0 bridgehead atoms. The van der Waals surface area contributed by atoms with E-state index in [1.807, 2.05) is 0 Å². The maximum absolute atomic E-state index is 13.5. The average Bonchev–Trinajstić information content (AvgIpc) is 2.38. The van der Waals surface area contributed by atoms with Crippen molar-refractivity contribution in [1.29, 1.82) is 0 Å². The van der Waals surface area contributed by atoms with Crippen molar-refractivity contribution in [2.45, 2.75) is 19.9 Å². The van der Waals surface area contributed by atoms with Crippen molar-refractivity contribution in [2.75, 3.05) is 18.3 Å². The van der Waals surface area contributed by atoms with Crippen molar-refractivity contribution >= 4 is 15.9 Å². The average molecular weight is 299 g/mol. The van der Waals surface area contributed by atoms with Crippen LogP contribution in [0.25, 0.3) is 0 Å². The predicted molar refractivity (Wildman–Crippen MR) is 77.8 cm³/mol. The van der Waals surface area contributed by atoms with Crippen molar-refractivity contribution in [1.82, 2.24) is 4.31 Å². The molecule has 0 saturated carbocycles. The molecule has 1 aromatic carbocycles. The second-order valence-corrected chi connectivity index (χ2v) is 6.15. The van der Waals surface area contributed by atoms with Gasteiger partial charge in [0.05, 0.1) is 17.8 Å². The summed E-state index contributed by atoms with van der Waals surface area (Å²) in [5.74, 6) is 4.56. The van der Waals surface area contributed by atoms with Crippen molar-refractivity contribution in [3.8, 4) is 11.8 Å². The van der Waals surface area contributed by atoms with Crippen molar-refractivity contribution in [2.24, 2.45) is 5.73 Å². The third kappa shape index (κ3) is 4.20. The second-order valence-electron chi connectivity index (χ2n) is 4.42. The molecule has 20 heavy (non-hydrogen) atoms. The van der Waals surface area contributed by atoms with E-state index in [0.29, 0.717) is 0 Å². The van der Waals surface area contributed by atoms with Gasteiger partial charge in [0.2, 0.25) is 0 Å². The largest absolute Gasteiger partial charge is 0.320 e. The van der Waals surface area contributed by atoms with Gasteiger partial charge in [-0.1, -0.05) is 11.8 Å². The van der Waals surface area contributed by atoms with Crippen LogP contribution in [0, 0.1) is 17.7 Å². The van der Waals surface area contributed by atoms with Gasteiger partial charge in [-0.25, -0.2) is 4.39 Å². The van der Waals surface area contributed by atoms with E-state index < -0.39 is 16.0 Å². The first kappa shape index (κ1) is 16.4. The van der Waals surface area contributed by atoms with E-state index in [9.17, 15) is 12.8 Å². The fourth-order valence-corrected chi connectivity index (χ4v) is 2.45. The van der Waals surface area contributed by atoms with Gasteiger partial charge < -0.3 is 5.73 Å². The molecule has 110 valence electrons. The van der Waals surface area contributed by atoms with Gasteiger partial charge in [-0.05, 0) is 32.0 Å². The Morgan fingerprint density at radius 3 is 2.65 bits per heavy atom. The van der Waals surface area contributed by atoms with Crippen LogP contribution < -0.4 is 10.5 Å². The smallest absolute Gasteiger partial charge is 0.301 e. The minimum atomic E-state index is -3.67. The maximum Gasteiger partial charge on any atom is 0.301 e. The zero-order valence-corrected chi connectivity index (χ0v) is 12.5. The molecule has 0 aliphatic carbocycles. The number of anilines is 1. The molecule has 0 unspecified atom stereocenters. The van der Waals surface area contributed by atoms with E-state index in [0.717, 1.165) is 6.07 Å². The lowest BCUT2D eigenvalue weighted by molar-refractivity contribution is 0.414. The Hall–Kier alpha value is -1.62. The molecule has 0 fully saturated rings. The Labute approximate surface area is 119 Å². The lowest BCUT2D eigenvalue weighted by atomic mass is 10.2. The number of benzene rings is 1. The third-order valence-electron chi connectivity index (χ3n) is 2.64. The SMILES string of the molecule is CC(C)N(C)S(=O)(=O)Nc1ccc(F)c(C#CCN)c1. The number of rotatable bonds is 4. The zero-order chi connectivity index (χ0) is 15.3. The number of hydrogen-bond acceptors (Lipinski definition) is 3. The third-order valence-corrected chi connectivity index (χ3v) is 4.32. The van der Waals surface area contributed by atoms with Gasteiger partial charge >= 0.3 is 10.2 Å². The molecule has 1 aromatic rings. The number of nitrogens with one attached hydrogen (secondary N) is 1. The van der Waals surface area contributed by atoms with Gasteiger partial charge in [0, 0.05) is 13.1 Å². The molecule has 0 saturated heterocycles.